The fourth-order valence-electron chi connectivity index (χ4n) is 1.57. The minimum absolute atomic E-state index is 0.217. The van der Waals surface area contributed by atoms with E-state index in [2.05, 4.69) is 0 Å². The molecule has 0 fully saturated rings. The minimum atomic E-state index is -0.364. The van der Waals surface area contributed by atoms with Crippen molar-refractivity contribution in [1.82, 2.24) is 0 Å². The van der Waals surface area contributed by atoms with E-state index in [1.54, 1.807) is 30.5 Å². The molecule has 0 aliphatic carbocycles. The molecule has 0 aliphatic heterocycles. The van der Waals surface area contributed by atoms with Gasteiger partial charge in [0.05, 0.1) is 16.3 Å². The summed E-state index contributed by atoms with van der Waals surface area (Å²) in [6.45, 7) is 1.85. The van der Waals surface area contributed by atoms with Crippen molar-refractivity contribution < 1.29 is 9.15 Å². The number of halogens is 2. The highest BCUT2D eigenvalue weighted by molar-refractivity contribution is 6.42. The first kappa shape index (κ1) is 13.3. The number of ether oxygens (including phenoxy) is 1. The van der Waals surface area contributed by atoms with Crippen molar-refractivity contribution in [3.63, 3.8) is 0 Å². The Labute approximate surface area is 115 Å². The third-order valence-electron chi connectivity index (χ3n) is 2.46. The Kier molecular flexibility index (Phi) is 4.17. The summed E-state index contributed by atoms with van der Waals surface area (Å²) in [5.41, 5.74) is 5.90. The van der Waals surface area contributed by atoms with Crippen LogP contribution in [0.3, 0.4) is 0 Å². The maximum atomic E-state index is 5.94. The van der Waals surface area contributed by atoms with Crippen LogP contribution >= 0.6 is 23.2 Å². The largest absolute Gasteiger partial charge is 0.481 e. The molecule has 2 rings (SSSR count). The first-order valence-corrected chi connectivity index (χ1v) is 6.24. The van der Waals surface area contributed by atoms with Gasteiger partial charge in [0.15, 0.2) is 6.10 Å². The van der Waals surface area contributed by atoms with E-state index in [1.807, 2.05) is 13.0 Å². The van der Waals surface area contributed by atoms with Gasteiger partial charge in [0.25, 0.3) is 0 Å². The molecule has 1 aromatic heterocycles. The molecular formula is C13H13Cl2NO2. The van der Waals surface area contributed by atoms with Crippen LogP contribution in [0.1, 0.15) is 18.8 Å². The van der Waals surface area contributed by atoms with Crippen LogP contribution in [0.5, 0.6) is 5.75 Å². The summed E-state index contributed by atoms with van der Waals surface area (Å²) in [5, 5.41) is 0.927. The van der Waals surface area contributed by atoms with Gasteiger partial charge in [-0.15, -0.1) is 0 Å². The quantitative estimate of drug-likeness (QED) is 0.922. The Morgan fingerprint density at radius 1 is 1.22 bits per heavy atom. The summed E-state index contributed by atoms with van der Waals surface area (Å²) in [6, 6.07) is 8.48. The van der Waals surface area contributed by atoms with E-state index < -0.39 is 0 Å². The predicted octanol–water partition coefficient (Wildman–Crippen LogP) is 4.05. The Morgan fingerprint density at radius 2 is 2.00 bits per heavy atom. The number of hydrogen-bond donors (Lipinski definition) is 1. The summed E-state index contributed by atoms with van der Waals surface area (Å²) < 4.78 is 11.1. The molecule has 1 aromatic carbocycles. The molecule has 2 unspecified atom stereocenters. The lowest BCUT2D eigenvalue weighted by molar-refractivity contribution is 0.153. The fourth-order valence-corrected chi connectivity index (χ4v) is 1.86. The zero-order valence-corrected chi connectivity index (χ0v) is 11.3. The van der Waals surface area contributed by atoms with E-state index in [-0.39, 0.29) is 12.1 Å². The van der Waals surface area contributed by atoms with E-state index in [0.29, 0.717) is 21.6 Å². The van der Waals surface area contributed by atoms with Gasteiger partial charge in [0.2, 0.25) is 0 Å². The number of hydrogen-bond acceptors (Lipinski definition) is 3. The fraction of sp³-hybridized carbons (Fsp3) is 0.231. The van der Waals surface area contributed by atoms with Crippen molar-refractivity contribution in [2.45, 2.75) is 19.1 Å². The van der Waals surface area contributed by atoms with Gasteiger partial charge >= 0.3 is 0 Å². The highest BCUT2D eigenvalue weighted by Crippen LogP contribution is 2.30. The zero-order valence-electron chi connectivity index (χ0n) is 9.77. The van der Waals surface area contributed by atoms with Crippen molar-refractivity contribution in [2.75, 3.05) is 0 Å². The average Bonchev–Trinajstić information content (AvgIpc) is 2.83. The molecule has 1 heterocycles. The first-order chi connectivity index (χ1) is 8.58. The van der Waals surface area contributed by atoms with Crippen molar-refractivity contribution in [2.24, 2.45) is 5.73 Å². The Morgan fingerprint density at radius 3 is 2.56 bits per heavy atom. The van der Waals surface area contributed by atoms with Gasteiger partial charge in [-0.2, -0.15) is 0 Å². The maximum Gasteiger partial charge on any atom is 0.171 e. The highest BCUT2D eigenvalue weighted by atomic mass is 35.5. The van der Waals surface area contributed by atoms with Gasteiger partial charge in [-0.1, -0.05) is 23.2 Å². The molecule has 0 spiro atoms. The smallest absolute Gasteiger partial charge is 0.171 e. The Hall–Kier alpha value is -1.16. The van der Waals surface area contributed by atoms with Crippen LogP contribution in [0.2, 0.25) is 10.0 Å². The number of nitrogens with two attached hydrogens (primary N) is 1. The first-order valence-electron chi connectivity index (χ1n) is 5.48. The molecule has 0 saturated heterocycles. The summed E-state index contributed by atoms with van der Waals surface area (Å²) in [5.74, 6) is 1.28. The van der Waals surface area contributed by atoms with E-state index in [1.165, 1.54) is 0 Å². The maximum absolute atomic E-state index is 5.94. The van der Waals surface area contributed by atoms with Crippen LogP contribution in [0, 0.1) is 0 Å². The second-order valence-electron chi connectivity index (χ2n) is 3.99. The van der Waals surface area contributed by atoms with Crippen LogP contribution < -0.4 is 10.5 Å². The lowest BCUT2D eigenvalue weighted by Gasteiger charge is -2.20. The molecule has 0 saturated carbocycles. The molecular weight excluding hydrogens is 273 g/mol. The number of furan rings is 1. The second kappa shape index (κ2) is 5.65. The SMILES string of the molecule is CC(N)C(Oc1ccc(Cl)c(Cl)c1)c1ccco1. The molecule has 0 amide bonds. The molecule has 2 aromatic rings. The van der Waals surface area contributed by atoms with Crippen molar-refractivity contribution in [3.05, 3.63) is 52.4 Å². The molecule has 0 aliphatic rings. The summed E-state index contributed by atoms with van der Waals surface area (Å²) in [7, 11) is 0. The number of rotatable bonds is 4. The third kappa shape index (κ3) is 2.99. The molecule has 3 nitrogen and oxygen atoms in total. The summed E-state index contributed by atoms with van der Waals surface area (Å²) in [4.78, 5) is 0. The van der Waals surface area contributed by atoms with Crippen LogP contribution in [0.4, 0.5) is 0 Å². The van der Waals surface area contributed by atoms with Crippen molar-refractivity contribution in [3.8, 4) is 5.75 Å². The van der Waals surface area contributed by atoms with E-state index >= 15 is 0 Å². The lowest BCUT2D eigenvalue weighted by atomic mass is 10.1. The van der Waals surface area contributed by atoms with Crippen molar-refractivity contribution >= 4 is 23.2 Å². The highest BCUT2D eigenvalue weighted by Gasteiger charge is 2.21. The molecule has 0 radical (unpaired) electrons. The molecule has 5 heteroatoms. The normalized spacial score (nSPS) is 14.2. The van der Waals surface area contributed by atoms with E-state index in [4.69, 9.17) is 38.1 Å². The van der Waals surface area contributed by atoms with Crippen LogP contribution in [-0.4, -0.2) is 6.04 Å². The topological polar surface area (TPSA) is 48.4 Å². The lowest BCUT2D eigenvalue weighted by Crippen LogP contribution is -2.28. The monoisotopic (exact) mass is 285 g/mol. The Bertz CT molecular complexity index is 512. The van der Waals surface area contributed by atoms with E-state index in [0.717, 1.165) is 0 Å². The van der Waals surface area contributed by atoms with E-state index in [9.17, 15) is 0 Å². The van der Waals surface area contributed by atoms with Crippen LogP contribution in [-0.2, 0) is 0 Å². The van der Waals surface area contributed by atoms with Gasteiger partial charge in [0.1, 0.15) is 11.5 Å². The molecule has 0 bridgehead atoms. The van der Waals surface area contributed by atoms with Gasteiger partial charge in [0, 0.05) is 12.1 Å². The Balaban J connectivity index is 2.21. The standard InChI is InChI=1S/C13H13Cl2NO2/c1-8(16)13(12-3-2-6-17-12)18-9-4-5-10(14)11(15)7-9/h2-8,13H,16H2,1H3. The number of benzene rings is 1. The predicted molar refractivity (Wildman–Crippen MR) is 72.2 cm³/mol. The van der Waals surface area contributed by atoms with Gasteiger partial charge < -0.3 is 14.9 Å². The van der Waals surface area contributed by atoms with Crippen molar-refractivity contribution in [1.29, 1.82) is 0 Å². The second-order valence-corrected chi connectivity index (χ2v) is 4.80. The van der Waals surface area contributed by atoms with Crippen LogP contribution in [0.15, 0.2) is 41.0 Å². The summed E-state index contributed by atoms with van der Waals surface area (Å²) in [6.07, 6.45) is 1.22. The average molecular weight is 286 g/mol. The summed E-state index contributed by atoms with van der Waals surface area (Å²) >= 11 is 11.8. The van der Waals surface area contributed by atoms with Gasteiger partial charge in [-0.05, 0) is 31.2 Å². The molecule has 18 heavy (non-hydrogen) atoms. The van der Waals surface area contributed by atoms with Gasteiger partial charge in [-0.25, -0.2) is 0 Å². The third-order valence-corrected chi connectivity index (χ3v) is 3.19. The minimum Gasteiger partial charge on any atom is -0.481 e. The zero-order chi connectivity index (χ0) is 13.1. The van der Waals surface area contributed by atoms with Crippen LogP contribution in [0.25, 0.3) is 0 Å². The molecule has 2 atom stereocenters. The molecule has 2 N–H and O–H groups in total. The molecule has 96 valence electrons. The van der Waals surface area contributed by atoms with Gasteiger partial charge in [-0.3, -0.25) is 0 Å².